The summed E-state index contributed by atoms with van der Waals surface area (Å²) in [4.78, 5) is 7.23. The highest BCUT2D eigenvalue weighted by atomic mass is 32.2. The van der Waals surface area contributed by atoms with Crippen LogP contribution < -0.4 is 10.5 Å². The smallest absolute Gasteiger partial charge is 0.263 e. The van der Waals surface area contributed by atoms with Crippen LogP contribution in [0, 0.1) is 12.7 Å². The summed E-state index contributed by atoms with van der Waals surface area (Å²) in [6, 6.07) is 2.10. The van der Waals surface area contributed by atoms with Crippen LogP contribution in [0.1, 0.15) is 5.56 Å². The van der Waals surface area contributed by atoms with Crippen molar-refractivity contribution in [3.05, 3.63) is 42.1 Å². The largest absolute Gasteiger partial charge is 0.398 e. The molecule has 19 heavy (non-hydrogen) atoms. The number of anilines is 2. The van der Waals surface area contributed by atoms with E-state index in [9.17, 15) is 12.8 Å². The van der Waals surface area contributed by atoms with Gasteiger partial charge in [0.05, 0.1) is 11.1 Å². The molecule has 0 saturated heterocycles. The third kappa shape index (κ3) is 2.79. The van der Waals surface area contributed by atoms with E-state index in [0.29, 0.717) is 0 Å². The molecule has 1 aromatic carbocycles. The van der Waals surface area contributed by atoms with E-state index in [1.54, 1.807) is 0 Å². The zero-order valence-corrected chi connectivity index (χ0v) is 10.8. The standard InChI is InChI=1S/C11H11FN4O2S/c1-7-9(12)4-8(5-10(7)13)19(17,18)16-11-6-14-2-3-15-11/h2-6H,13H2,1H3,(H,15,16). The fourth-order valence-corrected chi connectivity index (χ4v) is 2.42. The van der Waals surface area contributed by atoms with E-state index in [0.717, 1.165) is 6.07 Å². The number of rotatable bonds is 3. The summed E-state index contributed by atoms with van der Waals surface area (Å²) in [5, 5.41) is 0. The van der Waals surface area contributed by atoms with Crippen molar-refractivity contribution in [3.63, 3.8) is 0 Å². The SMILES string of the molecule is Cc1c(N)cc(S(=O)(=O)Nc2cnccn2)cc1F. The first kappa shape index (κ1) is 13.2. The highest BCUT2D eigenvalue weighted by molar-refractivity contribution is 7.92. The molecule has 1 aromatic heterocycles. The van der Waals surface area contributed by atoms with E-state index >= 15 is 0 Å². The van der Waals surface area contributed by atoms with Crippen LogP contribution in [0.5, 0.6) is 0 Å². The molecule has 0 aliphatic carbocycles. The summed E-state index contributed by atoms with van der Waals surface area (Å²) in [7, 11) is -3.95. The van der Waals surface area contributed by atoms with Gasteiger partial charge in [-0.3, -0.25) is 9.71 Å². The summed E-state index contributed by atoms with van der Waals surface area (Å²) in [5.74, 6) is -0.637. The van der Waals surface area contributed by atoms with Gasteiger partial charge in [0.25, 0.3) is 10.0 Å². The van der Waals surface area contributed by atoms with Crippen molar-refractivity contribution < 1.29 is 12.8 Å². The van der Waals surface area contributed by atoms with Crippen molar-refractivity contribution in [3.8, 4) is 0 Å². The van der Waals surface area contributed by atoms with Gasteiger partial charge in [-0.15, -0.1) is 0 Å². The summed E-state index contributed by atoms with van der Waals surface area (Å²) in [6.07, 6.45) is 3.98. The van der Waals surface area contributed by atoms with Crippen molar-refractivity contribution in [1.29, 1.82) is 0 Å². The lowest BCUT2D eigenvalue weighted by Crippen LogP contribution is -2.15. The minimum Gasteiger partial charge on any atom is -0.398 e. The van der Waals surface area contributed by atoms with Gasteiger partial charge in [-0.2, -0.15) is 0 Å². The first-order valence-corrected chi connectivity index (χ1v) is 6.73. The van der Waals surface area contributed by atoms with Crippen molar-refractivity contribution in [2.24, 2.45) is 0 Å². The third-order valence-electron chi connectivity index (χ3n) is 2.47. The molecule has 1 heterocycles. The Hall–Kier alpha value is -2.22. The number of hydrogen-bond acceptors (Lipinski definition) is 5. The number of hydrogen-bond donors (Lipinski definition) is 2. The molecule has 100 valence electrons. The lowest BCUT2D eigenvalue weighted by atomic mass is 10.2. The molecule has 0 saturated carbocycles. The molecule has 8 heteroatoms. The first-order valence-electron chi connectivity index (χ1n) is 5.24. The van der Waals surface area contributed by atoms with Crippen molar-refractivity contribution in [2.45, 2.75) is 11.8 Å². The zero-order chi connectivity index (χ0) is 14.0. The molecule has 0 radical (unpaired) electrons. The maximum absolute atomic E-state index is 13.5. The van der Waals surface area contributed by atoms with E-state index in [4.69, 9.17) is 5.73 Å². The Morgan fingerprint density at radius 2 is 2.05 bits per heavy atom. The van der Waals surface area contributed by atoms with Crippen LogP contribution in [0.15, 0.2) is 35.6 Å². The minimum atomic E-state index is -3.95. The average Bonchev–Trinajstić information content (AvgIpc) is 2.36. The van der Waals surface area contributed by atoms with Crippen LogP contribution >= 0.6 is 0 Å². The number of sulfonamides is 1. The highest BCUT2D eigenvalue weighted by Crippen LogP contribution is 2.22. The second-order valence-electron chi connectivity index (χ2n) is 3.82. The van der Waals surface area contributed by atoms with Gasteiger partial charge in [-0.1, -0.05) is 0 Å². The van der Waals surface area contributed by atoms with Crippen molar-refractivity contribution in [1.82, 2.24) is 9.97 Å². The number of nitrogens with two attached hydrogens (primary N) is 1. The first-order chi connectivity index (χ1) is 8.90. The van der Waals surface area contributed by atoms with Crippen LogP contribution in [0.3, 0.4) is 0 Å². The minimum absolute atomic E-state index is 0.0436. The van der Waals surface area contributed by atoms with Crippen LogP contribution in [0.4, 0.5) is 15.9 Å². The Kier molecular flexibility index (Phi) is 3.34. The number of halogens is 1. The van der Waals surface area contributed by atoms with Crippen molar-refractivity contribution in [2.75, 3.05) is 10.5 Å². The lowest BCUT2D eigenvalue weighted by molar-refractivity contribution is 0.593. The number of nitrogen functional groups attached to an aromatic ring is 1. The molecular formula is C11H11FN4O2S. The molecule has 2 rings (SSSR count). The maximum Gasteiger partial charge on any atom is 0.263 e. The number of benzene rings is 1. The molecule has 0 atom stereocenters. The van der Waals surface area contributed by atoms with Crippen LogP contribution in [-0.2, 0) is 10.0 Å². The monoisotopic (exact) mass is 282 g/mol. The van der Waals surface area contributed by atoms with E-state index < -0.39 is 15.8 Å². The van der Waals surface area contributed by atoms with E-state index in [1.165, 1.54) is 31.6 Å². The van der Waals surface area contributed by atoms with Crippen LogP contribution in [0.25, 0.3) is 0 Å². The number of nitrogens with one attached hydrogen (secondary N) is 1. The lowest BCUT2D eigenvalue weighted by Gasteiger charge is -2.09. The molecule has 0 bridgehead atoms. The quantitative estimate of drug-likeness (QED) is 0.827. The van der Waals surface area contributed by atoms with Gasteiger partial charge >= 0.3 is 0 Å². The van der Waals surface area contributed by atoms with Crippen LogP contribution in [-0.4, -0.2) is 18.4 Å². The molecule has 0 aliphatic heterocycles. The van der Waals surface area contributed by atoms with Gasteiger partial charge in [-0.25, -0.2) is 17.8 Å². The predicted molar refractivity (Wildman–Crippen MR) is 68.4 cm³/mol. The average molecular weight is 282 g/mol. The van der Waals surface area contributed by atoms with Gasteiger partial charge < -0.3 is 5.73 Å². The summed E-state index contributed by atoms with van der Waals surface area (Å²) < 4.78 is 39.7. The highest BCUT2D eigenvalue weighted by Gasteiger charge is 2.18. The normalized spacial score (nSPS) is 11.3. The second kappa shape index (κ2) is 4.81. The topological polar surface area (TPSA) is 98.0 Å². The second-order valence-corrected chi connectivity index (χ2v) is 5.50. The molecule has 2 aromatic rings. The molecule has 0 fully saturated rings. The Balaban J connectivity index is 2.40. The molecule has 0 unspecified atom stereocenters. The Morgan fingerprint density at radius 3 is 2.63 bits per heavy atom. The maximum atomic E-state index is 13.5. The molecule has 0 spiro atoms. The molecule has 0 aliphatic rings. The summed E-state index contributed by atoms with van der Waals surface area (Å²) in [5.41, 5.74) is 5.83. The van der Waals surface area contributed by atoms with Gasteiger partial charge in [0.2, 0.25) is 0 Å². The molecule has 3 N–H and O–H groups in total. The Labute approximate surface area is 109 Å². The molecule has 0 amide bonds. The fourth-order valence-electron chi connectivity index (χ4n) is 1.38. The van der Waals surface area contributed by atoms with E-state index in [2.05, 4.69) is 14.7 Å². The third-order valence-corrected chi connectivity index (χ3v) is 3.80. The zero-order valence-electron chi connectivity index (χ0n) is 9.96. The predicted octanol–water partition coefficient (Wildman–Crippen LogP) is 1.31. The number of aromatic nitrogens is 2. The van der Waals surface area contributed by atoms with Crippen molar-refractivity contribution >= 4 is 21.5 Å². The number of nitrogens with zero attached hydrogens (tertiary/aromatic N) is 2. The van der Waals surface area contributed by atoms with E-state index in [1.807, 2.05) is 0 Å². The van der Waals surface area contributed by atoms with Gasteiger partial charge in [-0.05, 0) is 19.1 Å². The summed E-state index contributed by atoms with van der Waals surface area (Å²) >= 11 is 0. The van der Waals surface area contributed by atoms with Gasteiger partial charge in [0.1, 0.15) is 5.82 Å². The summed E-state index contributed by atoms with van der Waals surface area (Å²) in [6.45, 7) is 1.47. The van der Waals surface area contributed by atoms with Gasteiger partial charge in [0, 0.05) is 23.6 Å². The Morgan fingerprint density at radius 1 is 1.32 bits per heavy atom. The van der Waals surface area contributed by atoms with E-state index in [-0.39, 0.29) is 22.0 Å². The molecular weight excluding hydrogens is 271 g/mol. The van der Waals surface area contributed by atoms with Gasteiger partial charge in [0.15, 0.2) is 5.82 Å². The fraction of sp³-hybridized carbons (Fsp3) is 0.0909. The Bertz CT molecular complexity index is 681. The molecule has 6 nitrogen and oxygen atoms in total. The van der Waals surface area contributed by atoms with Crippen LogP contribution in [0.2, 0.25) is 0 Å².